The number of carbonyl (C=O) groups excluding carboxylic acids is 1. The van der Waals surface area contributed by atoms with Crippen molar-refractivity contribution in [3.05, 3.63) is 58.5 Å². The molecule has 1 amide bonds. The van der Waals surface area contributed by atoms with Gasteiger partial charge in [-0.05, 0) is 42.8 Å². The number of anilines is 1. The summed E-state index contributed by atoms with van der Waals surface area (Å²) in [4.78, 5) is 25.5. The van der Waals surface area contributed by atoms with Gasteiger partial charge in [0.2, 0.25) is 0 Å². The standard InChI is InChI=1S/C20H17NO5S2/c1-12-3-6-14(7-4-12)21-19(24)17(28-20(21)27)10-13-5-8-15(16(9-13)25-2)26-11-18(22)23/h3-10H,11H2,1-2H3,(H,22,23)/b17-10+. The summed E-state index contributed by atoms with van der Waals surface area (Å²) in [5.41, 5.74) is 2.54. The zero-order valence-corrected chi connectivity index (χ0v) is 16.8. The maximum Gasteiger partial charge on any atom is 0.341 e. The SMILES string of the molecule is COc1cc(/C=C2/SC(=S)N(c3ccc(C)cc3)C2=O)ccc1OCC(=O)O. The molecule has 2 aromatic carbocycles. The molecule has 144 valence electrons. The molecule has 0 aliphatic carbocycles. The average Bonchev–Trinajstić information content (AvgIpc) is 2.94. The Morgan fingerprint density at radius 1 is 1.21 bits per heavy atom. The predicted octanol–water partition coefficient (Wildman–Crippen LogP) is 3.87. The molecule has 3 rings (SSSR count). The van der Waals surface area contributed by atoms with Crippen LogP contribution in [0, 0.1) is 6.92 Å². The number of hydrogen-bond donors (Lipinski definition) is 1. The fourth-order valence-electron chi connectivity index (χ4n) is 2.57. The normalized spacial score (nSPS) is 15.2. The van der Waals surface area contributed by atoms with Crippen molar-refractivity contribution in [2.45, 2.75) is 6.92 Å². The van der Waals surface area contributed by atoms with Gasteiger partial charge in [0.25, 0.3) is 5.91 Å². The molecule has 6 nitrogen and oxygen atoms in total. The van der Waals surface area contributed by atoms with Crippen molar-refractivity contribution in [2.75, 3.05) is 18.6 Å². The van der Waals surface area contributed by atoms with Crippen molar-refractivity contribution in [1.29, 1.82) is 0 Å². The number of carbonyl (C=O) groups is 2. The van der Waals surface area contributed by atoms with E-state index in [1.807, 2.05) is 31.2 Å². The molecule has 0 radical (unpaired) electrons. The Balaban J connectivity index is 1.85. The number of rotatable bonds is 6. The second kappa shape index (κ2) is 8.45. The molecule has 1 aliphatic rings. The van der Waals surface area contributed by atoms with E-state index in [2.05, 4.69) is 0 Å². The molecule has 1 heterocycles. The molecule has 0 saturated carbocycles. The fraction of sp³-hybridized carbons (Fsp3) is 0.150. The molecule has 1 aliphatic heterocycles. The molecule has 2 aromatic rings. The summed E-state index contributed by atoms with van der Waals surface area (Å²) < 4.78 is 10.9. The summed E-state index contributed by atoms with van der Waals surface area (Å²) in [7, 11) is 1.46. The number of ether oxygens (including phenoxy) is 2. The summed E-state index contributed by atoms with van der Waals surface area (Å²) in [6, 6.07) is 12.6. The lowest BCUT2D eigenvalue weighted by Crippen LogP contribution is -2.27. The first-order chi connectivity index (χ1) is 13.4. The second-order valence-electron chi connectivity index (χ2n) is 5.95. The van der Waals surface area contributed by atoms with Gasteiger partial charge in [0.15, 0.2) is 22.4 Å². The third-order valence-corrected chi connectivity index (χ3v) is 5.22. The Morgan fingerprint density at radius 3 is 2.57 bits per heavy atom. The Hall–Kier alpha value is -2.84. The molecule has 0 atom stereocenters. The third-order valence-electron chi connectivity index (χ3n) is 3.92. The van der Waals surface area contributed by atoms with Crippen molar-refractivity contribution in [2.24, 2.45) is 0 Å². The first-order valence-electron chi connectivity index (χ1n) is 8.26. The Morgan fingerprint density at radius 2 is 1.93 bits per heavy atom. The van der Waals surface area contributed by atoms with E-state index in [1.54, 1.807) is 24.3 Å². The highest BCUT2D eigenvalue weighted by Crippen LogP contribution is 2.37. The van der Waals surface area contributed by atoms with Crippen LogP contribution in [0.4, 0.5) is 5.69 Å². The third kappa shape index (κ3) is 4.35. The molecule has 8 heteroatoms. The molecule has 0 spiro atoms. The first kappa shape index (κ1) is 19.9. The molecule has 28 heavy (non-hydrogen) atoms. The highest BCUT2D eigenvalue weighted by atomic mass is 32.2. The molecular weight excluding hydrogens is 398 g/mol. The number of methoxy groups -OCH3 is 1. The van der Waals surface area contributed by atoms with Crippen molar-refractivity contribution in [3.63, 3.8) is 0 Å². The van der Waals surface area contributed by atoms with Crippen LogP contribution in [0.1, 0.15) is 11.1 Å². The molecule has 1 fully saturated rings. The minimum absolute atomic E-state index is 0.191. The van der Waals surface area contributed by atoms with E-state index in [4.69, 9.17) is 26.8 Å². The minimum atomic E-state index is -1.08. The van der Waals surface area contributed by atoms with Crippen LogP contribution in [-0.4, -0.2) is 35.0 Å². The first-order valence-corrected chi connectivity index (χ1v) is 9.49. The van der Waals surface area contributed by atoms with Gasteiger partial charge < -0.3 is 14.6 Å². The van der Waals surface area contributed by atoms with E-state index < -0.39 is 12.6 Å². The second-order valence-corrected chi connectivity index (χ2v) is 7.62. The number of aliphatic carboxylic acids is 1. The van der Waals surface area contributed by atoms with Crippen LogP contribution in [0.15, 0.2) is 47.4 Å². The maximum absolute atomic E-state index is 12.8. The van der Waals surface area contributed by atoms with Gasteiger partial charge in [-0.25, -0.2) is 4.79 Å². The van der Waals surface area contributed by atoms with E-state index in [-0.39, 0.29) is 5.91 Å². The smallest absolute Gasteiger partial charge is 0.341 e. The van der Waals surface area contributed by atoms with E-state index in [9.17, 15) is 9.59 Å². The minimum Gasteiger partial charge on any atom is -0.493 e. The Labute approximate surface area is 171 Å². The summed E-state index contributed by atoms with van der Waals surface area (Å²) in [5, 5.41) is 8.74. The van der Waals surface area contributed by atoms with Crippen LogP contribution in [0.5, 0.6) is 11.5 Å². The average molecular weight is 415 g/mol. The summed E-state index contributed by atoms with van der Waals surface area (Å²) >= 11 is 6.61. The van der Waals surface area contributed by atoms with Crippen LogP contribution < -0.4 is 14.4 Å². The number of aryl methyl sites for hydroxylation is 1. The predicted molar refractivity (Wildman–Crippen MR) is 113 cm³/mol. The van der Waals surface area contributed by atoms with Crippen molar-refractivity contribution in [3.8, 4) is 11.5 Å². The monoisotopic (exact) mass is 415 g/mol. The van der Waals surface area contributed by atoms with Crippen LogP contribution >= 0.6 is 24.0 Å². The molecule has 1 N–H and O–H groups in total. The number of nitrogens with zero attached hydrogens (tertiary/aromatic N) is 1. The number of hydrogen-bond acceptors (Lipinski definition) is 6. The summed E-state index contributed by atoms with van der Waals surface area (Å²) in [5.74, 6) is -0.576. The van der Waals surface area contributed by atoms with Crippen LogP contribution in [-0.2, 0) is 9.59 Å². The van der Waals surface area contributed by atoms with Gasteiger partial charge in [0.1, 0.15) is 0 Å². The van der Waals surface area contributed by atoms with Gasteiger partial charge in [0, 0.05) is 0 Å². The zero-order valence-electron chi connectivity index (χ0n) is 15.2. The Bertz CT molecular complexity index is 969. The zero-order chi connectivity index (χ0) is 20.3. The number of amides is 1. The largest absolute Gasteiger partial charge is 0.493 e. The summed E-state index contributed by atoms with van der Waals surface area (Å²) in [6.07, 6.45) is 1.72. The lowest BCUT2D eigenvalue weighted by molar-refractivity contribution is -0.139. The van der Waals surface area contributed by atoms with E-state index in [1.165, 1.54) is 23.8 Å². The molecular formula is C20H17NO5S2. The van der Waals surface area contributed by atoms with E-state index >= 15 is 0 Å². The van der Waals surface area contributed by atoms with Crippen molar-refractivity contribution in [1.82, 2.24) is 0 Å². The fourth-order valence-corrected chi connectivity index (χ4v) is 3.87. The number of carboxylic acids is 1. The lowest BCUT2D eigenvalue weighted by atomic mass is 10.1. The summed E-state index contributed by atoms with van der Waals surface area (Å²) in [6.45, 7) is 1.51. The highest BCUT2D eigenvalue weighted by Gasteiger charge is 2.33. The van der Waals surface area contributed by atoms with Gasteiger partial charge in [-0.1, -0.05) is 47.7 Å². The highest BCUT2D eigenvalue weighted by molar-refractivity contribution is 8.27. The molecule has 1 saturated heterocycles. The maximum atomic E-state index is 12.8. The lowest BCUT2D eigenvalue weighted by Gasteiger charge is -2.14. The van der Waals surface area contributed by atoms with Crippen molar-refractivity contribution >= 4 is 51.9 Å². The van der Waals surface area contributed by atoms with Crippen LogP contribution in [0.3, 0.4) is 0 Å². The van der Waals surface area contributed by atoms with Gasteiger partial charge >= 0.3 is 5.97 Å². The van der Waals surface area contributed by atoms with Gasteiger partial charge in [0.05, 0.1) is 17.7 Å². The van der Waals surface area contributed by atoms with Crippen LogP contribution in [0.25, 0.3) is 6.08 Å². The van der Waals surface area contributed by atoms with E-state index in [0.717, 1.165) is 11.3 Å². The van der Waals surface area contributed by atoms with Crippen molar-refractivity contribution < 1.29 is 24.2 Å². The molecule has 0 unspecified atom stereocenters. The van der Waals surface area contributed by atoms with E-state index in [0.29, 0.717) is 26.3 Å². The van der Waals surface area contributed by atoms with Gasteiger partial charge in [-0.2, -0.15) is 0 Å². The quantitative estimate of drug-likeness (QED) is 0.567. The molecule has 0 aromatic heterocycles. The molecule has 0 bridgehead atoms. The van der Waals surface area contributed by atoms with Gasteiger partial charge in [-0.3, -0.25) is 9.69 Å². The Kier molecular flexibility index (Phi) is 6.01. The number of thioether (sulfide) groups is 1. The van der Waals surface area contributed by atoms with Gasteiger partial charge in [-0.15, -0.1) is 0 Å². The topological polar surface area (TPSA) is 76.1 Å². The number of benzene rings is 2. The number of carboxylic acid groups (broad SMARTS) is 1. The van der Waals surface area contributed by atoms with Crippen LogP contribution in [0.2, 0.25) is 0 Å². The number of thiocarbonyl (C=S) groups is 1.